The molecule has 214 valence electrons. The second-order valence-corrected chi connectivity index (χ2v) is 13.1. The predicted molar refractivity (Wildman–Crippen MR) is 152 cm³/mol. The lowest BCUT2D eigenvalue weighted by atomic mass is 10.0. The van der Waals surface area contributed by atoms with E-state index in [0.29, 0.717) is 17.1 Å². The van der Waals surface area contributed by atoms with Gasteiger partial charge >= 0.3 is 11.9 Å². The number of hydrogen-bond donors (Lipinski definition) is 4. The number of amides is 2. The first-order chi connectivity index (χ1) is 19.5. The van der Waals surface area contributed by atoms with Crippen molar-refractivity contribution < 1.29 is 38.8 Å². The molecule has 3 atom stereocenters. The van der Waals surface area contributed by atoms with Crippen LogP contribution in [0.25, 0.3) is 10.2 Å². The number of nitrogen functional groups attached to an aromatic ring is 1. The van der Waals surface area contributed by atoms with E-state index in [1.165, 1.54) is 52.1 Å². The number of nitrogens with one attached hydrogen (secondary N) is 1. The molecule has 0 spiro atoms. The Morgan fingerprint density at radius 3 is 2.83 bits per heavy atom. The van der Waals surface area contributed by atoms with Crippen molar-refractivity contribution in [2.24, 2.45) is 12.2 Å². The van der Waals surface area contributed by atoms with Crippen molar-refractivity contribution in [1.82, 2.24) is 20.2 Å². The number of fused-ring (bicyclic) bond motifs is 2. The Morgan fingerprint density at radius 1 is 1.37 bits per heavy atom. The average Bonchev–Trinajstić information content (AvgIpc) is 3.54. The molecule has 2 amide bonds. The lowest BCUT2D eigenvalue weighted by Gasteiger charge is -2.49. The number of aliphatic carboxylic acids is 2. The Labute approximate surface area is 248 Å². The van der Waals surface area contributed by atoms with Crippen LogP contribution in [0.5, 0.6) is 0 Å². The highest BCUT2D eigenvalue weighted by molar-refractivity contribution is 8.02. The van der Waals surface area contributed by atoms with Crippen molar-refractivity contribution in [2.45, 2.75) is 28.8 Å². The van der Waals surface area contributed by atoms with Gasteiger partial charge in [-0.05, 0) is 12.5 Å². The fraction of sp³-hybridized carbons (Fsp3) is 0.304. The number of anilines is 1. The van der Waals surface area contributed by atoms with Crippen LogP contribution >= 0.6 is 46.2 Å². The smallest absolute Gasteiger partial charge is 0.352 e. The number of hydrogen-bond acceptors (Lipinski definition) is 13. The van der Waals surface area contributed by atoms with E-state index in [1.54, 1.807) is 0 Å². The van der Waals surface area contributed by atoms with Crippen LogP contribution in [-0.2, 0) is 31.1 Å². The standard InChI is InChI=1S/C23H21N7O7S4/c1-9(20(33)34)37-28-14(12-8-39-22(24)25-12)17(31)27-15-18(32)30-16(21(35)36)10(6-38-19(15)30)7-40-23-26-11-5-29(2)4-3-13(11)41-23/h3-5,8-9,15,19H,6-7H2,1-2H3,(H4-,24,25,27,31,33,34,35,36)/p+1/b28-14-/t9-,15?,19?/m0/s1. The van der Waals surface area contributed by atoms with Crippen molar-refractivity contribution in [3.63, 3.8) is 0 Å². The Hall–Kier alpha value is -3.74. The molecule has 5 heterocycles. The molecule has 0 aromatic carbocycles. The van der Waals surface area contributed by atoms with Gasteiger partial charge in [0.2, 0.25) is 6.10 Å². The van der Waals surface area contributed by atoms with Gasteiger partial charge in [0.1, 0.15) is 35.4 Å². The molecule has 2 aliphatic rings. The van der Waals surface area contributed by atoms with E-state index in [0.717, 1.165) is 25.9 Å². The highest BCUT2D eigenvalue weighted by atomic mass is 32.2. The third-order valence-corrected chi connectivity index (χ3v) is 10.3. The van der Waals surface area contributed by atoms with Gasteiger partial charge in [0.05, 0.1) is 4.70 Å². The van der Waals surface area contributed by atoms with Gasteiger partial charge < -0.3 is 26.1 Å². The van der Waals surface area contributed by atoms with Gasteiger partial charge in [0, 0.05) is 23.0 Å². The van der Waals surface area contributed by atoms with Gasteiger partial charge in [-0.25, -0.2) is 24.1 Å². The number of nitrogens with two attached hydrogens (primary N) is 1. The first kappa shape index (κ1) is 28.8. The van der Waals surface area contributed by atoms with Crippen LogP contribution < -0.4 is 15.6 Å². The van der Waals surface area contributed by atoms with Crippen LogP contribution in [0.3, 0.4) is 0 Å². The number of pyridine rings is 1. The first-order valence-corrected chi connectivity index (χ1v) is 15.5. The Bertz CT molecular complexity index is 1630. The average molecular weight is 637 g/mol. The fourth-order valence-electron chi connectivity index (χ4n) is 3.95. The summed E-state index contributed by atoms with van der Waals surface area (Å²) in [6.45, 7) is 1.23. The van der Waals surface area contributed by atoms with Crippen molar-refractivity contribution >= 4 is 91.0 Å². The van der Waals surface area contributed by atoms with E-state index >= 15 is 0 Å². The zero-order valence-corrected chi connectivity index (χ0v) is 24.6. The van der Waals surface area contributed by atoms with Crippen molar-refractivity contribution in [3.8, 4) is 0 Å². The molecule has 14 nitrogen and oxygen atoms in total. The molecular weight excluding hydrogens is 615 g/mol. The molecule has 3 aromatic rings. The van der Waals surface area contributed by atoms with Gasteiger partial charge in [-0.2, -0.15) is 0 Å². The number of carboxylic acid groups (broad SMARTS) is 2. The summed E-state index contributed by atoms with van der Waals surface area (Å²) >= 11 is 5.26. The van der Waals surface area contributed by atoms with E-state index in [4.69, 9.17) is 15.7 Å². The van der Waals surface area contributed by atoms with Crippen LogP contribution in [0.15, 0.2) is 44.6 Å². The minimum absolute atomic E-state index is 0.0385. The van der Waals surface area contributed by atoms with E-state index in [2.05, 4.69) is 20.4 Å². The highest BCUT2D eigenvalue weighted by Crippen LogP contribution is 2.42. The van der Waals surface area contributed by atoms with Crippen molar-refractivity contribution in [3.05, 3.63) is 40.8 Å². The minimum Gasteiger partial charge on any atom is -0.478 e. The summed E-state index contributed by atoms with van der Waals surface area (Å²) in [4.78, 5) is 64.3. The van der Waals surface area contributed by atoms with Crippen LogP contribution in [0.1, 0.15) is 12.6 Å². The molecule has 0 saturated carbocycles. The number of thiazole rings is 2. The summed E-state index contributed by atoms with van der Waals surface area (Å²) in [6.07, 6.45) is 2.48. The number of thioether (sulfide) groups is 2. The summed E-state index contributed by atoms with van der Waals surface area (Å²) in [6, 6.07) is 0.921. The number of rotatable bonds is 10. The van der Waals surface area contributed by atoms with Crippen molar-refractivity contribution in [1.29, 1.82) is 0 Å². The number of carbonyl (C=O) groups is 4. The van der Waals surface area contributed by atoms with E-state index in [-0.39, 0.29) is 22.2 Å². The van der Waals surface area contributed by atoms with Crippen LogP contribution in [-0.4, -0.2) is 83.6 Å². The second-order valence-electron chi connectivity index (χ2n) is 8.84. The van der Waals surface area contributed by atoms with Gasteiger partial charge in [-0.1, -0.05) is 16.9 Å². The zero-order chi connectivity index (χ0) is 29.4. The third-order valence-electron chi connectivity index (χ3n) is 5.98. The molecule has 1 saturated heterocycles. The first-order valence-electron chi connectivity index (χ1n) is 11.8. The Balaban J connectivity index is 1.31. The molecule has 2 unspecified atom stereocenters. The lowest BCUT2D eigenvalue weighted by molar-refractivity contribution is -0.670. The molecule has 18 heteroatoms. The number of aryl methyl sites for hydroxylation is 1. The molecule has 0 aliphatic carbocycles. The molecular formula is C23H22N7O7S4+. The van der Waals surface area contributed by atoms with Crippen molar-refractivity contribution in [2.75, 3.05) is 17.2 Å². The molecule has 0 radical (unpaired) electrons. The number of β-lactam (4-membered cyclic amide) rings is 1. The quantitative estimate of drug-likeness (QED) is 0.0806. The summed E-state index contributed by atoms with van der Waals surface area (Å²) in [5.41, 5.74) is 6.65. The summed E-state index contributed by atoms with van der Waals surface area (Å²) < 4.78 is 3.69. The summed E-state index contributed by atoms with van der Waals surface area (Å²) in [5, 5.41) is 26.2. The number of carboxylic acids is 2. The van der Waals surface area contributed by atoms with Gasteiger partial charge in [0.25, 0.3) is 11.8 Å². The van der Waals surface area contributed by atoms with Crippen LogP contribution in [0, 0.1) is 0 Å². The van der Waals surface area contributed by atoms with Crippen LogP contribution in [0.2, 0.25) is 0 Å². The molecule has 1 fully saturated rings. The maximum absolute atomic E-state index is 13.1. The van der Waals surface area contributed by atoms with E-state index < -0.39 is 41.3 Å². The Kier molecular flexibility index (Phi) is 8.16. The molecule has 5 N–H and O–H groups in total. The normalized spacial score (nSPS) is 19.5. The van der Waals surface area contributed by atoms with Gasteiger partial charge in [-0.15, -0.1) is 34.4 Å². The maximum Gasteiger partial charge on any atom is 0.352 e. The van der Waals surface area contributed by atoms with E-state index in [9.17, 15) is 24.3 Å². The highest BCUT2D eigenvalue weighted by Gasteiger charge is 2.54. The molecule has 5 rings (SSSR count). The van der Waals surface area contributed by atoms with Gasteiger partial charge in [-0.3, -0.25) is 14.5 Å². The number of aromatic nitrogens is 3. The second kappa shape index (κ2) is 11.6. The molecule has 0 bridgehead atoms. The third kappa shape index (κ3) is 5.85. The Morgan fingerprint density at radius 2 is 2.15 bits per heavy atom. The fourth-order valence-corrected chi connectivity index (χ4v) is 8.02. The molecule has 41 heavy (non-hydrogen) atoms. The van der Waals surface area contributed by atoms with Gasteiger partial charge in [0.15, 0.2) is 27.6 Å². The lowest BCUT2D eigenvalue weighted by Crippen LogP contribution is -2.71. The topological polar surface area (TPSA) is 201 Å². The molecule has 3 aromatic heterocycles. The number of oxime groups is 1. The predicted octanol–water partition coefficient (Wildman–Crippen LogP) is 0.884. The zero-order valence-electron chi connectivity index (χ0n) is 21.3. The SMILES string of the molecule is C[C@H](O/N=C(\C(=O)NC1C(=O)N2C(C(=O)O)=C(CSc3nc4c[n+](C)ccc4s3)CSC12)c1csc(N)n1)C(=O)O. The van der Waals surface area contributed by atoms with Crippen LogP contribution in [0.4, 0.5) is 5.13 Å². The number of nitrogens with zero attached hydrogens (tertiary/aromatic N) is 5. The minimum atomic E-state index is -1.35. The molecule has 2 aliphatic heterocycles. The summed E-state index contributed by atoms with van der Waals surface area (Å²) in [5.74, 6) is -3.32. The number of carbonyl (C=O) groups excluding carboxylic acids is 2. The maximum atomic E-state index is 13.1. The monoisotopic (exact) mass is 636 g/mol. The largest absolute Gasteiger partial charge is 0.478 e. The summed E-state index contributed by atoms with van der Waals surface area (Å²) in [7, 11) is 1.90. The van der Waals surface area contributed by atoms with E-state index in [1.807, 2.05) is 30.1 Å².